The van der Waals surface area contributed by atoms with Gasteiger partial charge in [0.25, 0.3) is 0 Å². The highest BCUT2D eigenvalue weighted by atomic mass is 16.3. The van der Waals surface area contributed by atoms with Crippen LogP contribution in [-0.4, -0.2) is 39.9 Å². The van der Waals surface area contributed by atoms with Crippen LogP contribution in [0.25, 0.3) is 10.9 Å². The molecule has 0 atom stereocenters. The van der Waals surface area contributed by atoms with Gasteiger partial charge in [0, 0.05) is 42.1 Å². The van der Waals surface area contributed by atoms with Crippen LogP contribution >= 0.6 is 0 Å². The van der Waals surface area contributed by atoms with Crippen molar-refractivity contribution in [1.29, 1.82) is 0 Å². The standard InChI is InChI=1S/C27H30N2O2/c30-19-23(20-31)27-25(24-13-7-8-14-26(24)28-27)15-16-29(17-21-9-3-1-4-10-21)18-22-11-5-2-6-12-22/h1-14,23,28,30-31H,15-20H2. The third-order valence-electron chi connectivity index (χ3n) is 5.87. The van der Waals surface area contributed by atoms with Gasteiger partial charge in [0.2, 0.25) is 0 Å². The summed E-state index contributed by atoms with van der Waals surface area (Å²) in [5.41, 5.74) is 5.78. The van der Waals surface area contributed by atoms with Crippen LogP contribution in [0.3, 0.4) is 0 Å². The largest absolute Gasteiger partial charge is 0.396 e. The van der Waals surface area contributed by atoms with E-state index in [4.69, 9.17) is 0 Å². The molecule has 4 heteroatoms. The molecular formula is C27H30N2O2. The summed E-state index contributed by atoms with van der Waals surface area (Å²) in [5, 5.41) is 20.8. The maximum Gasteiger partial charge on any atom is 0.0536 e. The fourth-order valence-corrected chi connectivity index (χ4v) is 4.25. The zero-order valence-electron chi connectivity index (χ0n) is 17.7. The normalized spacial score (nSPS) is 11.6. The molecular weight excluding hydrogens is 384 g/mol. The molecule has 0 radical (unpaired) electrons. The number of nitrogens with one attached hydrogen (secondary N) is 1. The summed E-state index contributed by atoms with van der Waals surface area (Å²) >= 11 is 0. The van der Waals surface area contributed by atoms with Crippen molar-refractivity contribution in [2.75, 3.05) is 19.8 Å². The number of fused-ring (bicyclic) bond motifs is 1. The number of para-hydroxylation sites is 1. The summed E-state index contributed by atoms with van der Waals surface area (Å²) in [6.07, 6.45) is 0.843. The van der Waals surface area contributed by atoms with E-state index < -0.39 is 0 Å². The van der Waals surface area contributed by atoms with Crippen molar-refractivity contribution in [2.45, 2.75) is 25.4 Å². The first kappa shape index (κ1) is 21.3. The Bertz CT molecular complexity index is 1030. The smallest absolute Gasteiger partial charge is 0.0536 e. The van der Waals surface area contributed by atoms with Crippen LogP contribution in [0.15, 0.2) is 84.9 Å². The van der Waals surface area contributed by atoms with Gasteiger partial charge in [-0.3, -0.25) is 4.90 Å². The number of aliphatic hydroxyl groups is 2. The summed E-state index contributed by atoms with van der Waals surface area (Å²) in [6, 6.07) is 29.3. The highest BCUT2D eigenvalue weighted by Crippen LogP contribution is 2.28. The molecule has 0 bridgehead atoms. The quantitative estimate of drug-likeness (QED) is 0.359. The Morgan fingerprint density at radius 3 is 1.84 bits per heavy atom. The molecule has 3 N–H and O–H groups in total. The minimum Gasteiger partial charge on any atom is -0.396 e. The number of rotatable bonds is 10. The van der Waals surface area contributed by atoms with Gasteiger partial charge in [0.05, 0.1) is 13.2 Å². The SMILES string of the molecule is OCC(CO)c1[nH]c2ccccc2c1CCN(Cc1ccccc1)Cc1ccccc1. The molecule has 0 unspecified atom stereocenters. The van der Waals surface area contributed by atoms with Crippen molar-refractivity contribution in [1.82, 2.24) is 9.88 Å². The number of benzene rings is 3. The molecule has 0 aliphatic rings. The van der Waals surface area contributed by atoms with E-state index in [2.05, 4.69) is 70.5 Å². The number of aromatic amines is 1. The van der Waals surface area contributed by atoms with Gasteiger partial charge >= 0.3 is 0 Å². The van der Waals surface area contributed by atoms with Crippen molar-refractivity contribution < 1.29 is 10.2 Å². The Labute approximate surface area is 183 Å². The first-order chi connectivity index (χ1) is 15.3. The molecule has 4 aromatic rings. The molecule has 0 aliphatic carbocycles. The van der Waals surface area contributed by atoms with Crippen LogP contribution in [0, 0.1) is 0 Å². The van der Waals surface area contributed by atoms with Gasteiger partial charge in [-0.05, 0) is 29.2 Å². The molecule has 4 rings (SSSR count). The number of H-pyrrole nitrogens is 1. The van der Waals surface area contributed by atoms with Crippen molar-refractivity contribution >= 4 is 10.9 Å². The third kappa shape index (κ3) is 5.23. The van der Waals surface area contributed by atoms with Crippen molar-refractivity contribution in [3.05, 3.63) is 107 Å². The third-order valence-corrected chi connectivity index (χ3v) is 5.87. The van der Waals surface area contributed by atoms with Gasteiger partial charge < -0.3 is 15.2 Å². The molecule has 3 aromatic carbocycles. The number of hydrogen-bond acceptors (Lipinski definition) is 3. The summed E-state index contributed by atoms with van der Waals surface area (Å²) in [5.74, 6) is -0.293. The van der Waals surface area contributed by atoms with Crippen LogP contribution in [0.1, 0.15) is 28.3 Å². The average molecular weight is 415 g/mol. The second-order valence-electron chi connectivity index (χ2n) is 8.06. The monoisotopic (exact) mass is 414 g/mol. The molecule has 1 aromatic heterocycles. The van der Waals surface area contributed by atoms with E-state index in [0.717, 1.165) is 37.3 Å². The molecule has 0 saturated carbocycles. The minimum absolute atomic E-state index is 0.0753. The lowest BCUT2D eigenvalue weighted by molar-refractivity contribution is 0.190. The van der Waals surface area contributed by atoms with Crippen molar-refractivity contribution in [3.8, 4) is 0 Å². The van der Waals surface area contributed by atoms with Gasteiger partial charge in [-0.15, -0.1) is 0 Å². The van der Waals surface area contributed by atoms with E-state index in [-0.39, 0.29) is 19.1 Å². The lowest BCUT2D eigenvalue weighted by atomic mass is 9.99. The fraction of sp³-hybridized carbons (Fsp3) is 0.259. The molecule has 0 spiro atoms. The summed E-state index contributed by atoms with van der Waals surface area (Å²) in [4.78, 5) is 5.91. The zero-order valence-corrected chi connectivity index (χ0v) is 17.7. The van der Waals surface area contributed by atoms with Gasteiger partial charge in [0.15, 0.2) is 0 Å². The Kier molecular flexibility index (Phi) is 7.15. The first-order valence-electron chi connectivity index (χ1n) is 10.9. The maximum atomic E-state index is 9.81. The molecule has 4 nitrogen and oxygen atoms in total. The van der Waals surface area contributed by atoms with Crippen LogP contribution in [0.2, 0.25) is 0 Å². The second kappa shape index (κ2) is 10.4. The highest BCUT2D eigenvalue weighted by molar-refractivity contribution is 5.85. The van der Waals surface area contributed by atoms with Crippen LogP contribution in [0.5, 0.6) is 0 Å². The lowest BCUT2D eigenvalue weighted by Gasteiger charge is -2.23. The van der Waals surface area contributed by atoms with Gasteiger partial charge in [-0.1, -0.05) is 78.9 Å². The molecule has 0 saturated heterocycles. The number of aromatic nitrogens is 1. The topological polar surface area (TPSA) is 59.5 Å². The summed E-state index contributed by atoms with van der Waals surface area (Å²) < 4.78 is 0. The average Bonchev–Trinajstić information content (AvgIpc) is 3.18. The van der Waals surface area contributed by atoms with E-state index in [1.807, 2.05) is 24.3 Å². The molecule has 0 aliphatic heterocycles. The van der Waals surface area contributed by atoms with E-state index in [0.29, 0.717) is 0 Å². The van der Waals surface area contributed by atoms with E-state index in [1.54, 1.807) is 0 Å². The molecule has 0 fully saturated rings. The van der Waals surface area contributed by atoms with Gasteiger partial charge in [-0.2, -0.15) is 0 Å². The fourth-order valence-electron chi connectivity index (χ4n) is 4.25. The van der Waals surface area contributed by atoms with Gasteiger partial charge in [0.1, 0.15) is 0 Å². The van der Waals surface area contributed by atoms with Crippen molar-refractivity contribution in [3.63, 3.8) is 0 Å². The summed E-state index contributed by atoms with van der Waals surface area (Å²) in [6.45, 7) is 2.47. The first-order valence-corrected chi connectivity index (χ1v) is 10.9. The zero-order chi connectivity index (χ0) is 21.5. The maximum absolute atomic E-state index is 9.81. The Hall–Kier alpha value is -2.92. The van der Waals surface area contributed by atoms with E-state index in [1.165, 1.54) is 22.1 Å². The number of nitrogens with zero attached hydrogens (tertiary/aromatic N) is 1. The Morgan fingerprint density at radius 2 is 1.26 bits per heavy atom. The predicted molar refractivity (Wildman–Crippen MR) is 126 cm³/mol. The Morgan fingerprint density at radius 1 is 0.710 bits per heavy atom. The second-order valence-corrected chi connectivity index (χ2v) is 8.06. The highest BCUT2D eigenvalue weighted by Gasteiger charge is 2.20. The minimum atomic E-state index is -0.293. The van der Waals surface area contributed by atoms with Gasteiger partial charge in [-0.25, -0.2) is 0 Å². The van der Waals surface area contributed by atoms with Crippen molar-refractivity contribution in [2.24, 2.45) is 0 Å². The molecule has 160 valence electrons. The van der Waals surface area contributed by atoms with E-state index in [9.17, 15) is 10.2 Å². The molecule has 1 heterocycles. The van der Waals surface area contributed by atoms with Crippen LogP contribution in [0.4, 0.5) is 0 Å². The molecule has 0 amide bonds. The lowest BCUT2D eigenvalue weighted by Crippen LogP contribution is -2.26. The number of aliphatic hydroxyl groups excluding tert-OH is 2. The molecule has 31 heavy (non-hydrogen) atoms. The number of hydrogen-bond donors (Lipinski definition) is 3. The predicted octanol–water partition coefficient (Wildman–Crippen LogP) is 4.48. The van der Waals surface area contributed by atoms with Crippen LogP contribution in [-0.2, 0) is 19.5 Å². The van der Waals surface area contributed by atoms with E-state index >= 15 is 0 Å². The summed E-state index contributed by atoms with van der Waals surface area (Å²) in [7, 11) is 0. The van der Waals surface area contributed by atoms with Crippen LogP contribution < -0.4 is 0 Å². The Balaban J connectivity index is 1.60.